The van der Waals surface area contributed by atoms with E-state index >= 15 is 0 Å². The van der Waals surface area contributed by atoms with Gasteiger partial charge in [0.2, 0.25) is 5.91 Å². The van der Waals surface area contributed by atoms with Gasteiger partial charge in [0.15, 0.2) is 0 Å². The Bertz CT molecular complexity index is 486. The molecular formula is C14H18BrFN2O2. The molecule has 0 aliphatic heterocycles. The van der Waals surface area contributed by atoms with Gasteiger partial charge < -0.3 is 10.6 Å². The summed E-state index contributed by atoms with van der Waals surface area (Å²) in [6, 6.07) is 3.98. The van der Waals surface area contributed by atoms with Crippen LogP contribution < -0.4 is 10.6 Å². The molecule has 0 radical (unpaired) electrons. The molecule has 0 saturated heterocycles. The summed E-state index contributed by atoms with van der Waals surface area (Å²) < 4.78 is 14.0. The average molecular weight is 345 g/mol. The summed E-state index contributed by atoms with van der Waals surface area (Å²) >= 11 is 3.14. The normalized spacial score (nSPS) is 12.1. The first-order valence-electron chi connectivity index (χ1n) is 6.35. The number of hydrogen-bond donors (Lipinski definition) is 2. The van der Waals surface area contributed by atoms with Gasteiger partial charge in [-0.25, -0.2) is 4.39 Å². The van der Waals surface area contributed by atoms with Gasteiger partial charge in [-0.3, -0.25) is 9.59 Å². The third kappa shape index (κ3) is 4.92. The summed E-state index contributed by atoms with van der Waals surface area (Å²) in [6.45, 7) is 5.42. The van der Waals surface area contributed by atoms with Crippen molar-refractivity contribution in [3.05, 3.63) is 34.1 Å². The van der Waals surface area contributed by atoms with Crippen LogP contribution >= 0.6 is 15.9 Å². The van der Waals surface area contributed by atoms with Crippen molar-refractivity contribution in [1.82, 2.24) is 10.6 Å². The molecule has 0 aliphatic rings. The van der Waals surface area contributed by atoms with E-state index in [1.807, 2.05) is 13.8 Å². The van der Waals surface area contributed by atoms with Crippen molar-refractivity contribution >= 4 is 27.7 Å². The van der Waals surface area contributed by atoms with Crippen LogP contribution in [-0.2, 0) is 4.79 Å². The zero-order chi connectivity index (χ0) is 15.3. The summed E-state index contributed by atoms with van der Waals surface area (Å²) in [7, 11) is 0. The van der Waals surface area contributed by atoms with E-state index in [1.165, 1.54) is 12.1 Å². The molecule has 1 aromatic rings. The van der Waals surface area contributed by atoms with E-state index in [0.717, 1.165) is 0 Å². The number of carbonyl (C=O) groups excluding carboxylic acids is 2. The molecule has 0 spiro atoms. The van der Waals surface area contributed by atoms with Gasteiger partial charge in [0.25, 0.3) is 5.91 Å². The number of halogens is 2. The van der Waals surface area contributed by atoms with Crippen LogP contribution in [0.4, 0.5) is 4.39 Å². The molecule has 0 saturated carbocycles. The fraction of sp³-hybridized carbons (Fsp3) is 0.429. The predicted octanol–water partition coefficient (Wildman–Crippen LogP) is 2.62. The van der Waals surface area contributed by atoms with E-state index in [4.69, 9.17) is 0 Å². The van der Waals surface area contributed by atoms with Crippen LogP contribution in [0.1, 0.15) is 37.6 Å². The number of rotatable bonds is 5. The minimum Gasteiger partial charge on any atom is -0.354 e. The Balaban J connectivity index is 2.64. The lowest BCUT2D eigenvalue weighted by Crippen LogP contribution is -2.39. The number of amides is 2. The monoisotopic (exact) mass is 344 g/mol. The fourth-order valence-electron chi connectivity index (χ4n) is 1.72. The standard InChI is InChI=1S/C14H18BrFN2O2/c1-8(2)17-12(19)7-9(3)18-14(20)13-10(15)5-4-6-11(13)16/h4-6,8-9H,7H2,1-3H3,(H,17,19)(H,18,20)/t9-/m1/s1. The van der Waals surface area contributed by atoms with Gasteiger partial charge >= 0.3 is 0 Å². The summed E-state index contributed by atoms with van der Waals surface area (Å²) in [5, 5.41) is 5.35. The quantitative estimate of drug-likeness (QED) is 0.862. The van der Waals surface area contributed by atoms with Crippen molar-refractivity contribution in [1.29, 1.82) is 0 Å². The first kappa shape index (κ1) is 16.6. The number of nitrogens with one attached hydrogen (secondary N) is 2. The summed E-state index contributed by atoms with van der Waals surface area (Å²) in [6.07, 6.45) is 0.149. The topological polar surface area (TPSA) is 58.2 Å². The van der Waals surface area contributed by atoms with Gasteiger partial charge in [-0.2, -0.15) is 0 Å². The van der Waals surface area contributed by atoms with Crippen molar-refractivity contribution in [3.8, 4) is 0 Å². The molecule has 1 aromatic carbocycles. The molecular weight excluding hydrogens is 327 g/mol. The van der Waals surface area contributed by atoms with Crippen molar-refractivity contribution in [2.75, 3.05) is 0 Å². The van der Waals surface area contributed by atoms with Crippen molar-refractivity contribution in [2.45, 2.75) is 39.3 Å². The van der Waals surface area contributed by atoms with E-state index in [1.54, 1.807) is 13.0 Å². The van der Waals surface area contributed by atoms with Gasteiger partial charge in [0.1, 0.15) is 5.82 Å². The highest BCUT2D eigenvalue weighted by atomic mass is 79.9. The maximum absolute atomic E-state index is 13.6. The van der Waals surface area contributed by atoms with E-state index in [0.29, 0.717) is 4.47 Å². The Hall–Kier alpha value is -1.43. The molecule has 1 atom stereocenters. The second-order valence-electron chi connectivity index (χ2n) is 4.90. The fourth-order valence-corrected chi connectivity index (χ4v) is 2.24. The maximum atomic E-state index is 13.6. The third-order valence-electron chi connectivity index (χ3n) is 2.51. The Morgan fingerprint density at radius 2 is 1.90 bits per heavy atom. The molecule has 0 unspecified atom stereocenters. The first-order chi connectivity index (χ1) is 9.31. The number of hydrogen-bond acceptors (Lipinski definition) is 2. The largest absolute Gasteiger partial charge is 0.354 e. The van der Waals surface area contributed by atoms with Crippen LogP contribution in [-0.4, -0.2) is 23.9 Å². The maximum Gasteiger partial charge on any atom is 0.255 e. The highest BCUT2D eigenvalue weighted by Crippen LogP contribution is 2.19. The van der Waals surface area contributed by atoms with Crippen LogP contribution in [0, 0.1) is 5.82 Å². The zero-order valence-corrected chi connectivity index (χ0v) is 13.3. The van der Waals surface area contributed by atoms with Crippen molar-refractivity contribution < 1.29 is 14.0 Å². The molecule has 20 heavy (non-hydrogen) atoms. The summed E-state index contributed by atoms with van der Waals surface area (Å²) in [5.41, 5.74) is -0.0522. The van der Waals surface area contributed by atoms with Gasteiger partial charge in [0.05, 0.1) is 5.56 Å². The molecule has 0 bridgehead atoms. The van der Waals surface area contributed by atoms with E-state index in [2.05, 4.69) is 26.6 Å². The van der Waals surface area contributed by atoms with E-state index in [-0.39, 0.29) is 30.0 Å². The highest BCUT2D eigenvalue weighted by Gasteiger charge is 2.18. The molecule has 0 aliphatic carbocycles. The molecule has 0 fully saturated rings. The third-order valence-corrected chi connectivity index (χ3v) is 3.17. The second-order valence-corrected chi connectivity index (χ2v) is 5.75. The smallest absolute Gasteiger partial charge is 0.255 e. The average Bonchev–Trinajstić information content (AvgIpc) is 2.26. The van der Waals surface area contributed by atoms with Crippen LogP contribution in [0.15, 0.2) is 22.7 Å². The Morgan fingerprint density at radius 3 is 2.45 bits per heavy atom. The van der Waals surface area contributed by atoms with Crippen molar-refractivity contribution in [3.63, 3.8) is 0 Å². The SMILES string of the molecule is CC(C)NC(=O)C[C@@H](C)NC(=O)c1c(F)cccc1Br. The Labute approximate surface area is 126 Å². The lowest BCUT2D eigenvalue weighted by atomic mass is 10.1. The van der Waals surface area contributed by atoms with Gasteiger partial charge in [-0.15, -0.1) is 0 Å². The summed E-state index contributed by atoms with van der Waals surface area (Å²) in [4.78, 5) is 23.6. The number of carbonyl (C=O) groups is 2. The Morgan fingerprint density at radius 1 is 1.25 bits per heavy atom. The lowest BCUT2D eigenvalue weighted by molar-refractivity contribution is -0.121. The molecule has 1 rings (SSSR count). The molecule has 0 aromatic heterocycles. The minimum atomic E-state index is -0.601. The van der Waals surface area contributed by atoms with Gasteiger partial charge in [0, 0.05) is 23.0 Å². The van der Waals surface area contributed by atoms with E-state index in [9.17, 15) is 14.0 Å². The van der Waals surface area contributed by atoms with Crippen LogP contribution in [0.25, 0.3) is 0 Å². The molecule has 2 amide bonds. The molecule has 6 heteroatoms. The van der Waals surface area contributed by atoms with Crippen LogP contribution in [0.3, 0.4) is 0 Å². The predicted molar refractivity (Wildman–Crippen MR) is 78.9 cm³/mol. The molecule has 0 heterocycles. The second kappa shape index (κ2) is 7.38. The molecule has 4 nitrogen and oxygen atoms in total. The molecule has 2 N–H and O–H groups in total. The first-order valence-corrected chi connectivity index (χ1v) is 7.14. The van der Waals surface area contributed by atoms with E-state index < -0.39 is 11.7 Å². The van der Waals surface area contributed by atoms with Crippen LogP contribution in [0.2, 0.25) is 0 Å². The minimum absolute atomic E-state index is 0.0473. The van der Waals surface area contributed by atoms with Gasteiger partial charge in [-0.05, 0) is 48.8 Å². The van der Waals surface area contributed by atoms with Gasteiger partial charge in [-0.1, -0.05) is 6.07 Å². The lowest BCUT2D eigenvalue weighted by Gasteiger charge is -2.16. The van der Waals surface area contributed by atoms with Crippen molar-refractivity contribution in [2.24, 2.45) is 0 Å². The molecule has 110 valence electrons. The van der Waals surface area contributed by atoms with Crippen LogP contribution in [0.5, 0.6) is 0 Å². The highest BCUT2D eigenvalue weighted by molar-refractivity contribution is 9.10. The zero-order valence-electron chi connectivity index (χ0n) is 11.7. The number of benzene rings is 1. The Kier molecular flexibility index (Phi) is 6.13. The summed E-state index contributed by atoms with van der Waals surface area (Å²) in [5.74, 6) is -1.30.